The molecular formula is C14H13ClOS. The lowest BCUT2D eigenvalue weighted by Crippen LogP contribution is -1.87. The summed E-state index contributed by atoms with van der Waals surface area (Å²) in [7, 11) is 0. The second kappa shape index (κ2) is 5.58. The molecule has 0 unspecified atom stereocenters. The summed E-state index contributed by atoms with van der Waals surface area (Å²) in [5.74, 6) is 0. The summed E-state index contributed by atoms with van der Waals surface area (Å²) in [6.07, 6.45) is 0. The van der Waals surface area contributed by atoms with Crippen LogP contribution >= 0.6 is 23.4 Å². The summed E-state index contributed by atoms with van der Waals surface area (Å²) in [5.41, 5.74) is 2.11. The van der Waals surface area contributed by atoms with E-state index in [1.165, 1.54) is 5.56 Å². The van der Waals surface area contributed by atoms with Gasteiger partial charge in [-0.3, -0.25) is 0 Å². The van der Waals surface area contributed by atoms with Crippen LogP contribution in [0.3, 0.4) is 0 Å². The zero-order chi connectivity index (χ0) is 12.3. The Hall–Kier alpha value is -0.960. The average molecular weight is 265 g/mol. The molecule has 0 aliphatic heterocycles. The van der Waals surface area contributed by atoms with Crippen molar-refractivity contribution < 1.29 is 5.11 Å². The van der Waals surface area contributed by atoms with Gasteiger partial charge in [-0.25, -0.2) is 0 Å². The van der Waals surface area contributed by atoms with Crippen LogP contribution in [0.1, 0.15) is 11.1 Å². The van der Waals surface area contributed by atoms with E-state index in [4.69, 9.17) is 11.6 Å². The van der Waals surface area contributed by atoms with Crippen LogP contribution in [0, 0.1) is 6.92 Å². The van der Waals surface area contributed by atoms with Crippen molar-refractivity contribution in [3.8, 4) is 0 Å². The molecule has 17 heavy (non-hydrogen) atoms. The first-order valence-corrected chi connectivity index (χ1v) is 6.52. The molecule has 2 aromatic carbocycles. The van der Waals surface area contributed by atoms with E-state index in [2.05, 4.69) is 31.2 Å². The zero-order valence-electron chi connectivity index (χ0n) is 9.48. The highest BCUT2D eigenvalue weighted by molar-refractivity contribution is 7.99. The largest absolute Gasteiger partial charge is 0.392 e. The van der Waals surface area contributed by atoms with Crippen molar-refractivity contribution in [2.45, 2.75) is 23.3 Å². The van der Waals surface area contributed by atoms with Crippen LogP contribution in [0.15, 0.2) is 52.3 Å². The van der Waals surface area contributed by atoms with Crippen molar-refractivity contribution in [2.24, 2.45) is 0 Å². The van der Waals surface area contributed by atoms with Gasteiger partial charge in [0.25, 0.3) is 0 Å². The van der Waals surface area contributed by atoms with Crippen molar-refractivity contribution in [2.75, 3.05) is 0 Å². The van der Waals surface area contributed by atoms with Crippen molar-refractivity contribution in [1.82, 2.24) is 0 Å². The third-order valence-electron chi connectivity index (χ3n) is 2.44. The van der Waals surface area contributed by atoms with Gasteiger partial charge in [-0.2, -0.15) is 0 Å². The predicted molar refractivity (Wildman–Crippen MR) is 72.7 cm³/mol. The minimum Gasteiger partial charge on any atom is -0.392 e. The SMILES string of the molecule is Cc1ccc(Sc2ccc(Cl)cc2CO)cc1. The Morgan fingerprint density at radius 3 is 2.47 bits per heavy atom. The van der Waals surface area contributed by atoms with Gasteiger partial charge in [-0.05, 0) is 42.8 Å². The molecule has 0 saturated heterocycles. The smallest absolute Gasteiger partial charge is 0.0693 e. The molecule has 0 bridgehead atoms. The Morgan fingerprint density at radius 2 is 1.82 bits per heavy atom. The summed E-state index contributed by atoms with van der Waals surface area (Å²) < 4.78 is 0. The fourth-order valence-electron chi connectivity index (χ4n) is 1.50. The average Bonchev–Trinajstić information content (AvgIpc) is 2.34. The second-order valence-electron chi connectivity index (χ2n) is 3.83. The van der Waals surface area contributed by atoms with Crippen molar-refractivity contribution in [3.05, 3.63) is 58.6 Å². The molecular weight excluding hydrogens is 252 g/mol. The van der Waals surface area contributed by atoms with Gasteiger partial charge in [-0.15, -0.1) is 0 Å². The standard InChI is InChI=1S/C14H13ClOS/c1-10-2-5-13(6-3-10)17-14-7-4-12(15)8-11(14)9-16/h2-8,16H,9H2,1H3. The Bertz CT molecular complexity index is 508. The molecule has 0 atom stereocenters. The summed E-state index contributed by atoms with van der Waals surface area (Å²) >= 11 is 7.54. The summed E-state index contributed by atoms with van der Waals surface area (Å²) in [6, 6.07) is 13.9. The number of hydrogen-bond donors (Lipinski definition) is 1. The molecule has 88 valence electrons. The number of aliphatic hydroxyl groups is 1. The van der Waals surface area contributed by atoms with Crippen molar-refractivity contribution >= 4 is 23.4 Å². The quantitative estimate of drug-likeness (QED) is 0.892. The Labute approximate surface area is 110 Å². The predicted octanol–water partition coefficient (Wildman–Crippen LogP) is 4.29. The number of aryl methyl sites for hydroxylation is 1. The van der Waals surface area contributed by atoms with Gasteiger partial charge in [0.2, 0.25) is 0 Å². The van der Waals surface area contributed by atoms with Gasteiger partial charge in [0.1, 0.15) is 0 Å². The molecule has 0 amide bonds. The van der Waals surface area contributed by atoms with E-state index in [0.29, 0.717) is 5.02 Å². The molecule has 0 heterocycles. The van der Waals surface area contributed by atoms with E-state index in [1.54, 1.807) is 17.8 Å². The molecule has 0 fully saturated rings. The first-order chi connectivity index (χ1) is 8.19. The molecule has 2 rings (SSSR count). The number of aliphatic hydroxyl groups excluding tert-OH is 1. The lowest BCUT2D eigenvalue weighted by molar-refractivity contribution is 0.279. The molecule has 2 aromatic rings. The molecule has 0 aliphatic carbocycles. The van der Waals surface area contributed by atoms with Gasteiger partial charge in [0, 0.05) is 14.8 Å². The highest BCUT2D eigenvalue weighted by atomic mass is 35.5. The first-order valence-electron chi connectivity index (χ1n) is 5.33. The normalized spacial score (nSPS) is 10.5. The van der Waals surface area contributed by atoms with Gasteiger partial charge < -0.3 is 5.11 Å². The summed E-state index contributed by atoms with van der Waals surface area (Å²) in [6.45, 7) is 2.07. The van der Waals surface area contributed by atoms with E-state index >= 15 is 0 Å². The number of halogens is 1. The van der Waals surface area contributed by atoms with Crippen molar-refractivity contribution in [1.29, 1.82) is 0 Å². The molecule has 1 N–H and O–H groups in total. The van der Waals surface area contributed by atoms with E-state index < -0.39 is 0 Å². The lowest BCUT2D eigenvalue weighted by Gasteiger charge is -2.07. The highest BCUT2D eigenvalue weighted by Gasteiger charge is 2.04. The molecule has 0 radical (unpaired) electrons. The van der Waals surface area contributed by atoms with Gasteiger partial charge in [-0.1, -0.05) is 41.1 Å². The number of benzene rings is 2. The second-order valence-corrected chi connectivity index (χ2v) is 5.38. The molecule has 0 aromatic heterocycles. The minimum atomic E-state index is 0.00869. The van der Waals surface area contributed by atoms with Crippen LogP contribution in [0.2, 0.25) is 5.02 Å². The third kappa shape index (κ3) is 3.25. The first kappa shape index (κ1) is 12.5. The monoisotopic (exact) mass is 264 g/mol. The molecule has 1 nitrogen and oxygen atoms in total. The topological polar surface area (TPSA) is 20.2 Å². The fourth-order valence-corrected chi connectivity index (χ4v) is 2.62. The Kier molecular flexibility index (Phi) is 4.11. The van der Waals surface area contributed by atoms with E-state index in [-0.39, 0.29) is 6.61 Å². The highest BCUT2D eigenvalue weighted by Crippen LogP contribution is 2.32. The molecule has 3 heteroatoms. The van der Waals surface area contributed by atoms with E-state index in [0.717, 1.165) is 15.4 Å². The maximum absolute atomic E-state index is 9.29. The van der Waals surface area contributed by atoms with Gasteiger partial charge in [0.15, 0.2) is 0 Å². The third-order valence-corrected chi connectivity index (χ3v) is 3.80. The van der Waals surface area contributed by atoms with Gasteiger partial charge in [0.05, 0.1) is 6.61 Å². The summed E-state index contributed by atoms with van der Waals surface area (Å²) in [5, 5.41) is 9.95. The van der Waals surface area contributed by atoms with Crippen molar-refractivity contribution in [3.63, 3.8) is 0 Å². The molecule has 0 saturated carbocycles. The maximum Gasteiger partial charge on any atom is 0.0693 e. The van der Waals surface area contributed by atoms with Gasteiger partial charge >= 0.3 is 0 Å². The van der Waals surface area contributed by atoms with Crippen LogP contribution in [-0.2, 0) is 6.61 Å². The van der Waals surface area contributed by atoms with E-state index in [9.17, 15) is 5.11 Å². The van der Waals surface area contributed by atoms with Crippen LogP contribution in [0.5, 0.6) is 0 Å². The van der Waals surface area contributed by atoms with Crippen LogP contribution < -0.4 is 0 Å². The zero-order valence-corrected chi connectivity index (χ0v) is 11.1. The fraction of sp³-hybridized carbons (Fsp3) is 0.143. The van der Waals surface area contributed by atoms with E-state index in [1.807, 2.05) is 12.1 Å². The lowest BCUT2D eigenvalue weighted by atomic mass is 10.2. The number of hydrogen-bond acceptors (Lipinski definition) is 2. The minimum absolute atomic E-state index is 0.00869. The van der Waals surface area contributed by atoms with Crippen LogP contribution in [-0.4, -0.2) is 5.11 Å². The van der Waals surface area contributed by atoms with Crippen LogP contribution in [0.25, 0.3) is 0 Å². The summed E-state index contributed by atoms with van der Waals surface area (Å²) in [4.78, 5) is 2.20. The molecule has 0 spiro atoms. The van der Waals surface area contributed by atoms with Crippen LogP contribution in [0.4, 0.5) is 0 Å². The Morgan fingerprint density at radius 1 is 1.12 bits per heavy atom. The number of rotatable bonds is 3. The maximum atomic E-state index is 9.29. The Balaban J connectivity index is 2.26. The molecule has 0 aliphatic rings.